The summed E-state index contributed by atoms with van der Waals surface area (Å²) in [6.07, 6.45) is 3.23. The second-order valence-electron chi connectivity index (χ2n) is 5.62. The summed E-state index contributed by atoms with van der Waals surface area (Å²) in [6.45, 7) is 5.33. The van der Waals surface area contributed by atoms with Gasteiger partial charge in [0.1, 0.15) is 0 Å². The van der Waals surface area contributed by atoms with Crippen molar-refractivity contribution in [3.05, 3.63) is 0 Å². The molecule has 0 aromatic carbocycles. The van der Waals surface area contributed by atoms with Gasteiger partial charge in [-0.1, -0.05) is 0 Å². The number of piperidine rings is 1. The van der Waals surface area contributed by atoms with Gasteiger partial charge in [-0.2, -0.15) is 0 Å². The third kappa shape index (κ3) is 2.80. The monoisotopic (exact) mass is 239 g/mol. The number of likely N-dealkylation sites (tertiary alicyclic amines) is 1. The maximum Gasteiger partial charge on any atom is 0.227 e. The van der Waals surface area contributed by atoms with Crippen LogP contribution in [0, 0.1) is 5.92 Å². The summed E-state index contributed by atoms with van der Waals surface area (Å²) in [6, 6.07) is 0.794. The van der Waals surface area contributed by atoms with E-state index in [2.05, 4.69) is 24.2 Å². The number of rotatable bonds is 2. The highest BCUT2D eigenvalue weighted by molar-refractivity contribution is 5.80. The van der Waals surface area contributed by atoms with Crippen LogP contribution in [0.4, 0.5) is 0 Å². The van der Waals surface area contributed by atoms with E-state index in [1.165, 1.54) is 0 Å². The molecular formula is C13H25N3O. The summed E-state index contributed by atoms with van der Waals surface area (Å²) >= 11 is 0. The SMILES string of the molecule is CC1NCCC1C(=O)N(C)C1CCN(C)CC1. The molecule has 4 nitrogen and oxygen atoms in total. The van der Waals surface area contributed by atoms with Gasteiger partial charge < -0.3 is 15.1 Å². The molecule has 98 valence electrons. The molecule has 2 atom stereocenters. The van der Waals surface area contributed by atoms with E-state index in [1.807, 2.05) is 11.9 Å². The van der Waals surface area contributed by atoms with Crippen LogP contribution < -0.4 is 5.32 Å². The molecule has 0 spiro atoms. The standard InChI is InChI=1S/C13H25N3O/c1-10-12(4-7-14-10)13(17)16(3)11-5-8-15(2)9-6-11/h10-12,14H,4-9H2,1-3H3. The maximum atomic E-state index is 12.4. The van der Waals surface area contributed by atoms with Crippen LogP contribution >= 0.6 is 0 Å². The normalized spacial score (nSPS) is 31.7. The Morgan fingerprint density at radius 1 is 1.29 bits per heavy atom. The second kappa shape index (κ2) is 5.36. The van der Waals surface area contributed by atoms with Crippen LogP contribution in [-0.4, -0.2) is 61.5 Å². The van der Waals surface area contributed by atoms with E-state index in [4.69, 9.17) is 0 Å². The van der Waals surface area contributed by atoms with E-state index in [0.717, 1.165) is 38.9 Å². The van der Waals surface area contributed by atoms with E-state index >= 15 is 0 Å². The quantitative estimate of drug-likeness (QED) is 0.764. The van der Waals surface area contributed by atoms with Crippen LogP contribution in [-0.2, 0) is 4.79 Å². The molecule has 0 bridgehead atoms. The van der Waals surface area contributed by atoms with Gasteiger partial charge in [0.25, 0.3) is 0 Å². The Hall–Kier alpha value is -0.610. The van der Waals surface area contributed by atoms with Crippen molar-refractivity contribution in [2.75, 3.05) is 33.7 Å². The molecule has 17 heavy (non-hydrogen) atoms. The van der Waals surface area contributed by atoms with Crippen LogP contribution in [0.3, 0.4) is 0 Å². The molecule has 0 aliphatic carbocycles. The molecule has 0 aromatic rings. The smallest absolute Gasteiger partial charge is 0.227 e. The van der Waals surface area contributed by atoms with Gasteiger partial charge in [-0.3, -0.25) is 4.79 Å². The zero-order valence-electron chi connectivity index (χ0n) is 11.3. The highest BCUT2D eigenvalue weighted by atomic mass is 16.2. The van der Waals surface area contributed by atoms with Crippen molar-refractivity contribution in [3.63, 3.8) is 0 Å². The predicted molar refractivity (Wildman–Crippen MR) is 68.9 cm³/mol. The topological polar surface area (TPSA) is 35.6 Å². The highest BCUT2D eigenvalue weighted by Crippen LogP contribution is 2.21. The van der Waals surface area contributed by atoms with Crippen LogP contribution in [0.25, 0.3) is 0 Å². The van der Waals surface area contributed by atoms with E-state index in [9.17, 15) is 4.79 Å². The van der Waals surface area contributed by atoms with Gasteiger partial charge in [-0.05, 0) is 52.9 Å². The van der Waals surface area contributed by atoms with Crippen molar-refractivity contribution >= 4 is 5.91 Å². The van der Waals surface area contributed by atoms with E-state index in [0.29, 0.717) is 18.0 Å². The summed E-state index contributed by atoms with van der Waals surface area (Å²) < 4.78 is 0. The van der Waals surface area contributed by atoms with Gasteiger partial charge in [-0.25, -0.2) is 0 Å². The van der Waals surface area contributed by atoms with Gasteiger partial charge in [0.15, 0.2) is 0 Å². The Balaban J connectivity index is 1.90. The summed E-state index contributed by atoms with van der Waals surface area (Å²) in [5, 5.41) is 3.36. The molecule has 0 radical (unpaired) electrons. The molecule has 2 rings (SSSR count). The van der Waals surface area contributed by atoms with Gasteiger partial charge in [-0.15, -0.1) is 0 Å². The number of amides is 1. The van der Waals surface area contributed by atoms with Gasteiger partial charge in [0, 0.05) is 19.1 Å². The van der Waals surface area contributed by atoms with Crippen LogP contribution in [0.15, 0.2) is 0 Å². The van der Waals surface area contributed by atoms with Crippen molar-refractivity contribution in [1.29, 1.82) is 0 Å². The molecule has 2 aliphatic heterocycles. The molecule has 2 aliphatic rings. The van der Waals surface area contributed by atoms with Crippen molar-refractivity contribution < 1.29 is 4.79 Å². The molecule has 2 heterocycles. The van der Waals surface area contributed by atoms with Crippen LogP contribution in [0.1, 0.15) is 26.2 Å². The first-order valence-corrected chi connectivity index (χ1v) is 6.78. The number of carbonyl (C=O) groups is 1. The minimum absolute atomic E-state index is 0.194. The zero-order valence-corrected chi connectivity index (χ0v) is 11.3. The Bertz CT molecular complexity index is 274. The Labute approximate surface area is 104 Å². The van der Waals surface area contributed by atoms with Crippen molar-refractivity contribution in [3.8, 4) is 0 Å². The van der Waals surface area contributed by atoms with Crippen molar-refractivity contribution in [2.45, 2.75) is 38.3 Å². The van der Waals surface area contributed by atoms with E-state index in [-0.39, 0.29) is 5.92 Å². The molecular weight excluding hydrogens is 214 g/mol. The molecule has 0 saturated carbocycles. The fourth-order valence-electron chi connectivity index (χ4n) is 3.02. The molecule has 1 amide bonds. The first-order chi connectivity index (χ1) is 8.09. The van der Waals surface area contributed by atoms with Gasteiger partial charge in [0.2, 0.25) is 5.91 Å². The van der Waals surface area contributed by atoms with Crippen molar-refractivity contribution in [1.82, 2.24) is 15.1 Å². The Kier molecular flexibility index (Phi) is 4.05. The lowest BCUT2D eigenvalue weighted by atomic mass is 9.97. The first kappa shape index (κ1) is 12.8. The third-order valence-electron chi connectivity index (χ3n) is 4.43. The van der Waals surface area contributed by atoms with Gasteiger partial charge in [0.05, 0.1) is 5.92 Å². The van der Waals surface area contributed by atoms with Crippen LogP contribution in [0.2, 0.25) is 0 Å². The number of hydrogen-bond acceptors (Lipinski definition) is 3. The minimum atomic E-state index is 0.194. The summed E-state index contributed by atoms with van der Waals surface area (Å²) in [5.74, 6) is 0.539. The lowest BCUT2D eigenvalue weighted by molar-refractivity contribution is -0.137. The van der Waals surface area contributed by atoms with Crippen LogP contribution in [0.5, 0.6) is 0 Å². The molecule has 2 unspecified atom stereocenters. The predicted octanol–water partition coefficient (Wildman–Crippen LogP) is 0.537. The Morgan fingerprint density at radius 3 is 2.47 bits per heavy atom. The Morgan fingerprint density at radius 2 is 1.94 bits per heavy atom. The molecule has 4 heteroatoms. The summed E-state index contributed by atoms with van der Waals surface area (Å²) in [4.78, 5) is 16.8. The summed E-state index contributed by atoms with van der Waals surface area (Å²) in [7, 11) is 4.14. The molecule has 2 fully saturated rings. The summed E-state index contributed by atoms with van der Waals surface area (Å²) in [5.41, 5.74) is 0. The largest absolute Gasteiger partial charge is 0.342 e. The maximum absolute atomic E-state index is 12.4. The lowest BCUT2D eigenvalue weighted by Gasteiger charge is -2.36. The molecule has 0 aromatic heterocycles. The first-order valence-electron chi connectivity index (χ1n) is 6.78. The third-order valence-corrected chi connectivity index (χ3v) is 4.43. The van der Waals surface area contributed by atoms with Gasteiger partial charge >= 0.3 is 0 Å². The van der Waals surface area contributed by atoms with Crippen molar-refractivity contribution in [2.24, 2.45) is 5.92 Å². The number of nitrogens with one attached hydrogen (secondary N) is 1. The fourth-order valence-corrected chi connectivity index (χ4v) is 3.02. The number of hydrogen-bond donors (Lipinski definition) is 1. The number of nitrogens with zero attached hydrogens (tertiary/aromatic N) is 2. The average molecular weight is 239 g/mol. The average Bonchev–Trinajstić information content (AvgIpc) is 2.74. The minimum Gasteiger partial charge on any atom is -0.342 e. The van der Waals surface area contributed by atoms with E-state index in [1.54, 1.807) is 0 Å². The fraction of sp³-hybridized carbons (Fsp3) is 0.923. The lowest BCUT2D eigenvalue weighted by Crippen LogP contribution is -2.47. The zero-order chi connectivity index (χ0) is 12.4. The van der Waals surface area contributed by atoms with E-state index < -0.39 is 0 Å². The molecule has 1 N–H and O–H groups in total. The highest BCUT2D eigenvalue weighted by Gasteiger charge is 2.34. The number of carbonyl (C=O) groups excluding carboxylic acids is 1. The second-order valence-corrected chi connectivity index (χ2v) is 5.62. The molecule has 2 saturated heterocycles.